The van der Waals surface area contributed by atoms with Crippen LogP contribution >= 0.6 is 0 Å². The number of carbonyl (C=O) groups excluding carboxylic acids is 1. The van der Waals surface area contributed by atoms with Gasteiger partial charge in [-0.2, -0.15) is 0 Å². The van der Waals surface area contributed by atoms with E-state index in [9.17, 15) is 17.6 Å². The molecule has 1 aromatic rings. The second kappa shape index (κ2) is 8.27. The van der Waals surface area contributed by atoms with Crippen LogP contribution in [0.5, 0.6) is 0 Å². The van der Waals surface area contributed by atoms with Crippen LogP contribution in [0, 0.1) is 11.7 Å². The second-order valence-corrected chi connectivity index (χ2v) is 9.93. The quantitative estimate of drug-likeness (QED) is 0.775. The van der Waals surface area contributed by atoms with Gasteiger partial charge in [0.05, 0.1) is 5.54 Å². The molecule has 0 heterocycles. The summed E-state index contributed by atoms with van der Waals surface area (Å²) in [6, 6.07) is 6.04. The van der Waals surface area contributed by atoms with Crippen LogP contribution in [0.2, 0.25) is 0 Å². The number of hydrogen-bond acceptors (Lipinski definition) is 3. The zero-order valence-corrected chi connectivity index (χ0v) is 16.7. The lowest BCUT2D eigenvalue weighted by Gasteiger charge is -2.31. The Hall–Kier alpha value is -1.47. The summed E-state index contributed by atoms with van der Waals surface area (Å²) in [6.45, 7) is 2.18. The van der Waals surface area contributed by atoms with Gasteiger partial charge < -0.3 is 5.32 Å². The lowest BCUT2D eigenvalue weighted by atomic mass is 9.88. The van der Waals surface area contributed by atoms with E-state index in [0.29, 0.717) is 5.92 Å². The molecule has 2 aliphatic carbocycles. The van der Waals surface area contributed by atoms with Crippen LogP contribution in [0.3, 0.4) is 0 Å². The monoisotopic (exact) mass is 396 g/mol. The average Bonchev–Trinajstić information content (AvgIpc) is 3.06. The van der Waals surface area contributed by atoms with Gasteiger partial charge in [-0.25, -0.2) is 17.5 Å². The van der Waals surface area contributed by atoms with Gasteiger partial charge in [-0.15, -0.1) is 0 Å². The van der Waals surface area contributed by atoms with Crippen LogP contribution in [0.15, 0.2) is 24.3 Å². The van der Waals surface area contributed by atoms with E-state index >= 15 is 0 Å². The third kappa shape index (κ3) is 5.29. The molecule has 2 aliphatic rings. The van der Waals surface area contributed by atoms with Gasteiger partial charge >= 0.3 is 0 Å². The minimum absolute atomic E-state index is 0.0726. The summed E-state index contributed by atoms with van der Waals surface area (Å²) in [4.78, 5) is 12.5. The van der Waals surface area contributed by atoms with E-state index in [-0.39, 0.29) is 11.9 Å². The predicted octanol–water partition coefficient (Wildman–Crippen LogP) is 3.21. The van der Waals surface area contributed by atoms with E-state index in [1.807, 2.05) is 0 Å². The number of halogens is 1. The van der Waals surface area contributed by atoms with E-state index in [0.717, 1.165) is 56.9 Å². The molecule has 3 rings (SSSR count). The summed E-state index contributed by atoms with van der Waals surface area (Å²) >= 11 is 0. The first-order valence-corrected chi connectivity index (χ1v) is 11.5. The molecule has 2 fully saturated rings. The van der Waals surface area contributed by atoms with E-state index in [1.165, 1.54) is 12.1 Å². The van der Waals surface area contributed by atoms with E-state index in [2.05, 4.69) is 17.0 Å². The van der Waals surface area contributed by atoms with Crippen molar-refractivity contribution < 1.29 is 17.6 Å². The van der Waals surface area contributed by atoms with Gasteiger partial charge in [0.2, 0.25) is 15.9 Å². The molecule has 0 saturated heterocycles. The summed E-state index contributed by atoms with van der Waals surface area (Å²) < 4.78 is 40.8. The Balaban J connectivity index is 1.63. The van der Waals surface area contributed by atoms with Crippen molar-refractivity contribution in [1.82, 2.24) is 10.0 Å². The van der Waals surface area contributed by atoms with Gasteiger partial charge in [-0.05, 0) is 62.1 Å². The minimum Gasteiger partial charge on any atom is -0.346 e. The highest BCUT2D eigenvalue weighted by Gasteiger charge is 2.38. The smallest absolute Gasteiger partial charge is 0.237 e. The zero-order chi connectivity index (χ0) is 19.5. The van der Waals surface area contributed by atoms with Crippen LogP contribution in [-0.4, -0.2) is 26.1 Å². The molecule has 0 aliphatic heterocycles. The third-order valence-corrected chi connectivity index (χ3v) is 7.25. The number of sulfonamides is 1. The van der Waals surface area contributed by atoms with Gasteiger partial charge in [-0.1, -0.05) is 31.9 Å². The lowest BCUT2D eigenvalue weighted by molar-refractivity contribution is -0.120. The fourth-order valence-electron chi connectivity index (χ4n) is 4.38. The number of nitrogens with one attached hydrogen (secondary N) is 2. The standard InChI is InChI=1S/C20H29FN2O3S/c1-15-4-10-18(11-5-15)23-27(25,26)14-19(24)22-20(12-2-3-13-20)16-6-8-17(21)9-7-16/h6-9,15,18,23H,2-5,10-14H2,1H3,(H,22,24). The average molecular weight is 397 g/mol. The van der Waals surface area contributed by atoms with Crippen molar-refractivity contribution in [3.05, 3.63) is 35.6 Å². The van der Waals surface area contributed by atoms with Gasteiger partial charge in [-0.3, -0.25) is 4.79 Å². The molecule has 0 radical (unpaired) electrons. The molecule has 0 aromatic heterocycles. The molecule has 1 amide bonds. The maximum absolute atomic E-state index is 13.3. The van der Waals surface area contributed by atoms with Crippen molar-refractivity contribution in [2.45, 2.75) is 69.9 Å². The van der Waals surface area contributed by atoms with Crippen LogP contribution in [-0.2, 0) is 20.4 Å². The minimum atomic E-state index is -3.68. The normalized spacial score (nSPS) is 25.3. The largest absolute Gasteiger partial charge is 0.346 e. The van der Waals surface area contributed by atoms with E-state index in [4.69, 9.17) is 0 Å². The maximum atomic E-state index is 13.3. The molecule has 0 atom stereocenters. The molecule has 150 valence electrons. The van der Waals surface area contributed by atoms with E-state index in [1.54, 1.807) is 12.1 Å². The Morgan fingerprint density at radius 2 is 1.70 bits per heavy atom. The van der Waals surface area contributed by atoms with Crippen molar-refractivity contribution in [3.8, 4) is 0 Å². The van der Waals surface area contributed by atoms with Crippen molar-refractivity contribution in [2.75, 3.05) is 5.75 Å². The highest BCUT2D eigenvalue weighted by atomic mass is 32.2. The van der Waals surface area contributed by atoms with Crippen molar-refractivity contribution >= 4 is 15.9 Å². The molecule has 2 N–H and O–H groups in total. The summed E-state index contributed by atoms with van der Waals surface area (Å²) in [5.74, 6) is -0.765. The van der Waals surface area contributed by atoms with Gasteiger partial charge in [0.15, 0.2) is 0 Å². The first-order chi connectivity index (χ1) is 12.8. The molecule has 0 spiro atoms. The fraction of sp³-hybridized carbons (Fsp3) is 0.650. The molecule has 1 aromatic carbocycles. The molecule has 0 unspecified atom stereocenters. The zero-order valence-electron chi connectivity index (χ0n) is 15.8. The fourth-order valence-corrected chi connectivity index (χ4v) is 5.63. The Bertz CT molecular complexity index is 750. The maximum Gasteiger partial charge on any atom is 0.237 e. The van der Waals surface area contributed by atoms with E-state index < -0.39 is 27.2 Å². The number of benzene rings is 1. The summed E-state index contributed by atoms with van der Waals surface area (Å²) in [6.07, 6.45) is 7.02. The van der Waals surface area contributed by atoms with Gasteiger partial charge in [0, 0.05) is 6.04 Å². The van der Waals surface area contributed by atoms with Crippen LogP contribution in [0.1, 0.15) is 63.9 Å². The van der Waals surface area contributed by atoms with Crippen molar-refractivity contribution in [1.29, 1.82) is 0 Å². The molecular weight excluding hydrogens is 367 g/mol. The van der Waals surface area contributed by atoms with Crippen LogP contribution in [0.4, 0.5) is 4.39 Å². The molecule has 0 bridgehead atoms. The Morgan fingerprint density at radius 1 is 1.11 bits per heavy atom. The van der Waals surface area contributed by atoms with Crippen molar-refractivity contribution in [3.63, 3.8) is 0 Å². The first kappa shape index (κ1) is 20.3. The number of carbonyl (C=O) groups is 1. The molecule has 27 heavy (non-hydrogen) atoms. The number of rotatable bonds is 6. The van der Waals surface area contributed by atoms with Gasteiger partial charge in [0.1, 0.15) is 11.6 Å². The second-order valence-electron chi connectivity index (χ2n) is 8.18. The Kier molecular flexibility index (Phi) is 6.21. The molecule has 5 nitrogen and oxygen atoms in total. The Morgan fingerprint density at radius 3 is 2.30 bits per heavy atom. The third-order valence-electron chi connectivity index (χ3n) is 5.92. The number of amides is 1. The molecular formula is C20H29FN2O3S. The molecule has 7 heteroatoms. The topological polar surface area (TPSA) is 75.3 Å². The van der Waals surface area contributed by atoms with Crippen LogP contribution < -0.4 is 10.0 Å². The molecule has 2 saturated carbocycles. The lowest BCUT2D eigenvalue weighted by Crippen LogP contribution is -2.48. The highest BCUT2D eigenvalue weighted by Crippen LogP contribution is 2.38. The summed E-state index contributed by atoms with van der Waals surface area (Å²) in [5, 5.41) is 2.95. The summed E-state index contributed by atoms with van der Waals surface area (Å²) in [7, 11) is -3.68. The van der Waals surface area contributed by atoms with Crippen LogP contribution in [0.25, 0.3) is 0 Å². The predicted molar refractivity (Wildman–Crippen MR) is 103 cm³/mol. The number of hydrogen-bond donors (Lipinski definition) is 2. The van der Waals surface area contributed by atoms with Gasteiger partial charge in [0.25, 0.3) is 0 Å². The highest BCUT2D eigenvalue weighted by molar-refractivity contribution is 7.90. The SMILES string of the molecule is CC1CCC(NS(=O)(=O)CC(=O)NC2(c3ccc(F)cc3)CCCC2)CC1. The summed E-state index contributed by atoms with van der Waals surface area (Å²) in [5.41, 5.74) is 0.238. The van der Waals surface area contributed by atoms with Crippen molar-refractivity contribution in [2.24, 2.45) is 5.92 Å². The first-order valence-electron chi connectivity index (χ1n) is 9.85. The Labute approximate surface area is 161 Å².